The largest absolute Gasteiger partial charge is 0.504 e. The molecule has 0 aliphatic rings. The van der Waals surface area contributed by atoms with E-state index in [1.165, 1.54) is 13.2 Å². The van der Waals surface area contributed by atoms with Crippen molar-refractivity contribution in [2.75, 3.05) is 19.0 Å². The molecule has 1 amide bonds. The Morgan fingerprint density at radius 2 is 2.38 bits per heavy atom. The minimum atomic E-state index is -0.785. The van der Waals surface area contributed by atoms with Crippen LogP contribution in [0.15, 0.2) is 12.1 Å². The molecule has 1 atom stereocenters. The van der Waals surface area contributed by atoms with Gasteiger partial charge in [-0.1, -0.05) is 0 Å². The summed E-state index contributed by atoms with van der Waals surface area (Å²) in [7, 11) is 1.45. The predicted molar refractivity (Wildman–Crippen MR) is 59.1 cm³/mol. The molecule has 0 radical (unpaired) electrons. The average molecular weight is 225 g/mol. The van der Waals surface area contributed by atoms with E-state index >= 15 is 0 Å². The Balaban J connectivity index is 2.72. The number of hydrogen-bond donors (Lipinski definition) is 3. The van der Waals surface area contributed by atoms with Gasteiger partial charge in [-0.25, -0.2) is 4.98 Å². The first-order chi connectivity index (χ1) is 7.54. The summed E-state index contributed by atoms with van der Waals surface area (Å²) in [6.07, 6.45) is 0. The molecule has 16 heavy (non-hydrogen) atoms. The van der Waals surface area contributed by atoms with Crippen LogP contribution in [0.4, 0.5) is 5.82 Å². The van der Waals surface area contributed by atoms with E-state index in [9.17, 15) is 9.90 Å². The van der Waals surface area contributed by atoms with Crippen LogP contribution in [-0.2, 0) is 9.53 Å². The maximum atomic E-state index is 11.5. The van der Waals surface area contributed by atoms with Crippen molar-refractivity contribution < 1.29 is 14.6 Å². The van der Waals surface area contributed by atoms with E-state index in [-0.39, 0.29) is 18.2 Å². The summed E-state index contributed by atoms with van der Waals surface area (Å²) in [6.45, 7) is 1.86. The zero-order valence-corrected chi connectivity index (χ0v) is 9.23. The number of aryl methyl sites for hydroxylation is 1. The number of ether oxygens (including phenoxy) is 1. The van der Waals surface area contributed by atoms with E-state index in [0.717, 1.165) is 0 Å². The number of methoxy groups -OCH3 is 1. The Bertz CT molecular complexity index is 382. The van der Waals surface area contributed by atoms with Gasteiger partial charge in [-0.2, -0.15) is 0 Å². The number of nitrogens with zero attached hydrogens (tertiary/aromatic N) is 1. The topological polar surface area (TPSA) is 97.5 Å². The summed E-state index contributed by atoms with van der Waals surface area (Å²) in [5, 5.41) is 11.9. The predicted octanol–water partition coefficient (Wildman–Crippen LogP) is 0.00782. The molecule has 4 N–H and O–H groups in total. The standard InChI is InChI=1S/C10H15N3O3/c1-6-3-4-8(14)9(12-6)13-10(15)7(11)5-16-2/h3-4,7,14H,5,11H2,1-2H3,(H,12,13,15). The van der Waals surface area contributed by atoms with Gasteiger partial charge in [-0.3, -0.25) is 4.79 Å². The van der Waals surface area contributed by atoms with Crippen molar-refractivity contribution in [3.8, 4) is 5.75 Å². The van der Waals surface area contributed by atoms with E-state index < -0.39 is 11.9 Å². The average Bonchev–Trinajstić information content (AvgIpc) is 2.23. The second kappa shape index (κ2) is 5.43. The fourth-order valence-corrected chi connectivity index (χ4v) is 1.11. The molecule has 0 fully saturated rings. The van der Waals surface area contributed by atoms with E-state index in [4.69, 9.17) is 10.5 Å². The van der Waals surface area contributed by atoms with Crippen molar-refractivity contribution in [3.63, 3.8) is 0 Å². The molecule has 0 saturated carbocycles. The lowest BCUT2D eigenvalue weighted by molar-refractivity contribution is -0.118. The number of rotatable bonds is 4. The Morgan fingerprint density at radius 3 is 3.00 bits per heavy atom. The van der Waals surface area contributed by atoms with Gasteiger partial charge in [0, 0.05) is 12.8 Å². The molecule has 88 valence electrons. The maximum absolute atomic E-state index is 11.5. The van der Waals surface area contributed by atoms with Crippen molar-refractivity contribution in [1.82, 2.24) is 4.98 Å². The molecule has 0 bridgehead atoms. The molecule has 0 saturated heterocycles. The van der Waals surface area contributed by atoms with Gasteiger partial charge in [0.25, 0.3) is 0 Å². The van der Waals surface area contributed by atoms with Crippen LogP contribution in [0.1, 0.15) is 5.69 Å². The van der Waals surface area contributed by atoms with Crippen LogP contribution in [-0.4, -0.2) is 35.8 Å². The Morgan fingerprint density at radius 1 is 1.69 bits per heavy atom. The minimum Gasteiger partial charge on any atom is -0.504 e. The van der Waals surface area contributed by atoms with Gasteiger partial charge in [0.2, 0.25) is 5.91 Å². The zero-order chi connectivity index (χ0) is 12.1. The lowest BCUT2D eigenvalue weighted by atomic mass is 10.3. The highest BCUT2D eigenvalue weighted by molar-refractivity contribution is 5.95. The number of carbonyl (C=O) groups is 1. The first-order valence-electron chi connectivity index (χ1n) is 4.76. The normalized spacial score (nSPS) is 12.2. The van der Waals surface area contributed by atoms with Crippen molar-refractivity contribution in [1.29, 1.82) is 0 Å². The van der Waals surface area contributed by atoms with Gasteiger partial charge < -0.3 is 20.9 Å². The number of anilines is 1. The third-order valence-corrected chi connectivity index (χ3v) is 1.94. The maximum Gasteiger partial charge on any atom is 0.244 e. The van der Waals surface area contributed by atoms with Crippen molar-refractivity contribution >= 4 is 11.7 Å². The number of pyridine rings is 1. The quantitative estimate of drug-likeness (QED) is 0.670. The fourth-order valence-electron chi connectivity index (χ4n) is 1.11. The number of aromatic hydroxyl groups is 1. The number of amides is 1. The lowest BCUT2D eigenvalue weighted by Gasteiger charge is -2.11. The smallest absolute Gasteiger partial charge is 0.244 e. The SMILES string of the molecule is COCC(N)C(=O)Nc1nc(C)ccc1O. The molecular weight excluding hydrogens is 210 g/mol. The molecule has 6 heteroatoms. The van der Waals surface area contributed by atoms with E-state index in [1.807, 2.05) is 0 Å². The molecule has 1 heterocycles. The van der Waals surface area contributed by atoms with Gasteiger partial charge in [-0.05, 0) is 19.1 Å². The van der Waals surface area contributed by atoms with Gasteiger partial charge in [0.15, 0.2) is 11.6 Å². The second-order valence-corrected chi connectivity index (χ2v) is 3.37. The number of nitrogens with two attached hydrogens (primary N) is 1. The monoisotopic (exact) mass is 225 g/mol. The number of hydrogen-bond acceptors (Lipinski definition) is 5. The van der Waals surface area contributed by atoms with Crippen LogP contribution in [0.3, 0.4) is 0 Å². The van der Waals surface area contributed by atoms with Gasteiger partial charge in [0.1, 0.15) is 6.04 Å². The first kappa shape index (κ1) is 12.4. The zero-order valence-electron chi connectivity index (χ0n) is 9.23. The molecule has 6 nitrogen and oxygen atoms in total. The molecule has 0 aromatic carbocycles. The highest BCUT2D eigenvalue weighted by Crippen LogP contribution is 2.19. The molecule has 0 aliphatic carbocycles. The van der Waals surface area contributed by atoms with Crippen LogP contribution in [0.2, 0.25) is 0 Å². The highest BCUT2D eigenvalue weighted by Gasteiger charge is 2.15. The molecule has 0 spiro atoms. The van der Waals surface area contributed by atoms with Crippen LogP contribution < -0.4 is 11.1 Å². The van der Waals surface area contributed by atoms with Crippen LogP contribution in [0, 0.1) is 6.92 Å². The molecule has 1 aromatic heterocycles. The Hall–Kier alpha value is -1.66. The summed E-state index contributed by atoms with van der Waals surface area (Å²) in [4.78, 5) is 15.5. The third kappa shape index (κ3) is 3.18. The third-order valence-electron chi connectivity index (χ3n) is 1.94. The highest BCUT2D eigenvalue weighted by atomic mass is 16.5. The Labute approximate surface area is 93.4 Å². The first-order valence-corrected chi connectivity index (χ1v) is 4.76. The second-order valence-electron chi connectivity index (χ2n) is 3.37. The summed E-state index contributed by atoms with van der Waals surface area (Å²) >= 11 is 0. The summed E-state index contributed by atoms with van der Waals surface area (Å²) in [5.41, 5.74) is 6.21. The van der Waals surface area contributed by atoms with Crippen LogP contribution in [0.25, 0.3) is 0 Å². The van der Waals surface area contributed by atoms with E-state index in [1.54, 1.807) is 13.0 Å². The number of aromatic nitrogens is 1. The minimum absolute atomic E-state index is 0.0939. The Kier molecular flexibility index (Phi) is 4.21. The summed E-state index contributed by atoms with van der Waals surface area (Å²) in [5.74, 6) is -0.435. The van der Waals surface area contributed by atoms with Gasteiger partial charge in [-0.15, -0.1) is 0 Å². The number of nitrogens with one attached hydrogen (secondary N) is 1. The van der Waals surface area contributed by atoms with Gasteiger partial charge >= 0.3 is 0 Å². The van der Waals surface area contributed by atoms with E-state index in [2.05, 4.69) is 10.3 Å². The van der Waals surface area contributed by atoms with E-state index in [0.29, 0.717) is 5.69 Å². The molecule has 1 aromatic rings. The van der Waals surface area contributed by atoms with Crippen LogP contribution in [0.5, 0.6) is 5.75 Å². The fraction of sp³-hybridized carbons (Fsp3) is 0.400. The van der Waals surface area contributed by atoms with Crippen molar-refractivity contribution in [2.45, 2.75) is 13.0 Å². The summed E-state index contributed by atoms with van der Waals surface area (Å²) in [6, 6.07) is 2.31. The van der Waals surface area contributed by atoms with Crippen molar-refractivity contribution in [3.05, 3.63) is 17.8 Å². The molecular formula is C10H15N3O3. The van der Waals surface area contributed by atoms with Crippen LogP contribution >= 0.6 is 0 Å². The molecule has 1 rings (SSSR count). The van der Waals surface area contributed by atoms with Crippen molar-refractivity contribution in [2.24, 2.45) is 5.73 Å². The van der Waals surface area contributed by atoms with Gasteiger partial charge in [0.05, 0.1) is 6.61 Å². The number of carbonyl (C=O) groups excluding carboxylic acids is 1. The summed E-state index contributed by atoms with van der Waals surface area (Å²) < 4.78 is 4.75. The lowest BCUT2D eigenvalue weighted by Crippen LogP contribution is -2.39. The molecule has 1 unspecified atom stereocenters. The molecule has 0 aliphatic heterocycles.